The van der Waals surface area contributed by atoms with E-state index in [-0.39, 0.29) is 5.97 Å². The molecule has 196 valence electrons. The summed E-state index contributed by atoms with van der Waals surface area (Å²) in [6.45, 7) is 12.5. The highest BCUT2D eigenvalue weighted by molar-refractivity contribution is 5.95. The van der Waals surface area contributed by atoms with Gasteiger partial charge in [-0.1, -0.05) is 17.7 Å². The summed E-state index contributed by atoms with van der Waals surface area (Å²) in [6, 6.07) is 17.0. The average Bonchev–Trinajstić information content (AvgIpc) is 3.20. The fourth-order valence-corrected chi connectivity index (χ4v) is 6.43. The summed E-state index contributed by atoms with van der Waals surface area (Å²) in [7, 11) is 0. The predicted octanol–water partition coefficient (Wildman–Crippen LogP) is 7.98. The van der Waals surface area contributed by atoms with Crippen LogP contribution < -0.4 is 15.0 Å². The van der Waals surface area contributed by atoms with E-state index in [1.54, 1.807) is 0 Å². The van der Waals surface area contributed by atoms with Crippen molar-refractivity contribution in [3.63, 3.8) is 0 Å². The number of anilines is 3. The van der Waals surface area contributed by atoms with Gasteiger partial charge in [-0.3, -0.25) is 0 Å². The number of carbonyl (C=O) groups is 1. The maximum atomic E-state index is 13.3. The van der Waals surface area contributed by atoms with Crippen LogP contribution in [0.25, 0.3) is 0 Å². The number of hydrogen-bond donors (Lipinski definition) is 1. The van der Waals surface area contributed by atoms with Gasteiger partial charge in [0.25, 0.3) is 0 Å². The van der Waals surface area contributed by atoms with E-state index in [1.165, 1.54) is 11.1 Å². The van der Waals surface area contributed by atoms with Gasteiger partial charge in [0, 0.05) is 52.9 Å². The molecule has 0 bridgehead atoms. The van der Waals surface area contributed by atoms with Gasteiger partial charge in [-0.05, 0) is 107 Å². The number of esters is 1. The van der Waals surface area contributed by atoms with Crippen molar-refractivity contribution in [3.8, 4) is 11.5 Å². The third-order valence-corrected chi connectivity index (χ3v) is 8.44. The zero-order chi connectivity index (χ0) is 26.6. The molecule has 0 aromatic heterocycles. The first-order chi connectivity index (χ1) is 18.3. The Labute approximate surface area is 225 Å². The van der Waals surface area contributed by atoms with Gasteiger partial charge in [-0.2, -0.15) is 0 Å². The third kappa shape index (κ3) is 3.71. The van der Waals surface area contributed by atoms with E-state index in [9.17, 15) is 4.79 Å². The lowest BCUT2D eigenvalue weighted by molar-refractivity contribution is -0.145. The van der Waals surface area contributed by atoms with Gasteiger partial charge in [0.15, 0.2) is 5.60 Å². The number of aryl methyl sites for hydroxylation is 3. The Morgan fingerprint density at radius 2 is 1.58 bits per heavy atom. The Bertz CT molecular complexity index is 1480. The van der Waals surface area contributed by atoms with Crippen LogP contribution in [0.2, 0.25) is 0 Å². The first kappa shape index (κ1) is 24.6. The molecule has 2 aliphatic heterocycles. The Kier molecular flexibility index (Phi) is 5.97. The molecule has 6 rings (SSSR count). The van der Waals surface area contributed by atoms with E-state index < -0.39 is 5.60 Å². The van der Waals surface area contributed by atoms with Gasteiger partial charge in [0.05, 0.1) is 0 Å². The minimum atomic E-state index is -0.954. The molecule has 2 heterocycles. The lowest BCUT2D eigenvalue weighted by Crippen LogP contribution is -2.35. The van der Waals surface area contributed by atoms with Crippen LogP contribution in [0.3, 0.4) is 0 Å². The van der Waals surface area contributed by atoms with Crippen LogP contribution >= 0.6 is 0 Å². The first-order valence-electron chi connectivity index (χ1n) is 13.9. The second-order valence-electron chi connectivity index (χ2n) is 10.8. The highest BCUT2D eigenvalue weighted by Gasteiger charge is 2.55. The predicted molar refractivity (Wildman–Crippen MR) is 153 cm³/mol. The molecule has 0 radical (unpaired) electrons. The molecule has 3 aromatic rings. The molecule has 5 heteroatoms. The summed E-state index contributed by atoms with van der Waals surface area (Å²) < 4.78 is 13.1. The molecular weight excluding hydrogens is 472 g/mol. The minimum absolute atomic E-state index is 0.184. The maximum absolute atomic E-state index is 13.3. The van der Waals surface area contributed by atoms with Crippen LogP contribution in [-0.2, 0) is 15.1 Å². The monoisotopic (exact) mass is 508 g/mol. The Hall–Kier alpha value is -3.73. The number of carbonyl (C=O) groups excluding carboxylic acids is 1. The fraction of sp³-hybridized carbons (Fsp3) is 0.364. The van der Waals surface area contributed by atoms with E-state index >= 15 is 0 Å². The molecule has 1 spiro atoms. The summed E-state index contributed by atoms with van der Waals surface area (Å²) in [5.41, 5.74) is 9.49. The first-order valence-corrected chi connectivity index (χ1v) is 13.9. The van der Waals surface area contributed by atoms with Crippen molar-refractivity contribution < 1.29 is 14.3 Å². The Morgan fingerprint density at radius 1 is 0.842 bits per heavy atom. The molecule has 5 nitrogen and oxygen atoms in total. The van der Waals surface area contributed by atoms with Crippen molar-refractivity contribution in [2.75, 3.05) is 23.3 Å². The molecule has 0 amide bonds. The lowest BCUT2D eigenvalue weighted by atomic mass is 9.73. The highest BCUT2D eigenvalue weighted by Crippen LogP contribution is 2.59. The van der Waals surface area contributed by atoms with Crippen molar-refractivity contribution >= 4 is 23.0 Å². The third-order valence-electron chi connectivity index (χ3n) is 8.44. The molecule has 1 N–H and O–H groups in total. The minimum Gasteiger partial charge on any atom is -0.456 e. The van der Waals surface area contributed by atoms with Crippen molar-refractivity contribution in [2.24, 2.45) is 0 Å². The van der Waals surface area contributed by atoms with Gasteiger partial charge in [-0.25, -0.2) is 4.79 Å². The second-order valence-corrected chi connectivity index (χ2v) is 10.8. The van der Waals surface area contributed by atoms with Crippen molar-refractivity contribution in [1.82, 2.24) is 0 Å². The van der Waals surface area contributed by atoms with Gasteiger partial charge >= 0.3 is 5.97 Å². The molecule has 0 saturated heterocycles. The summed E-state index contributed by atoms with van der Waals surface area (Å²) >= 11 is 0. The number of rotatable bonds is 5. The topological polar surface area (TPSA) is 50.8 Å². The quantitative estimate of drug-likeness (QED) is 0.354. The van der Waals surface area contributed by atoms with Crippen LogP contribution in [0.5, 0.6) is 11.5 Å². The molecule has 38 heavy (non-hydrogen) atoms. The molecule has 3 aromatic carbocycles. The smallest absolute Gasteiger partial charge is 0.335 e. The summed E-state index contributed by atoms with van der Waals surface area (Å²) in [4.78, 5) is 15.6. The molecule has 0 fully saturated rings. The van der Waals surface area contributed by atoms with Gasteiger partial charge < -0.3 is 19.7 Å². The maximum Gasteiger partial charge on any atom is 0.335 e. The van der Waals surface area contributed by atoms with E-state index in [1.807, 2.05) is 0 Å². The number of ether oxygens (including phenoxy) is 2. The van der Waals surface area contributed by atoms with Crippen LogP contribution in [0.4, 0.5) is 17.1 Å². The number of hydrogen-bond acceptors (Lipinski definition) is 5. The van der Waals surface area contributed by atoms with E-state index in [0.717, 1.165) is 95.2 Å². The number of benzene rings is 3. The molecule has 1 atom stereocenters. The van der Waals surface area contributed by atoms with Gasteiger partial charge in [0.2, 0.25) is 0 Å². The second kappa shape index (κ2) is 9.23. The Balaban J connectivity index is 1.55. The normalized spacial score (nSPS) is 19.4. The average molecular weight is 509 g/mol. The lowest BCUT2D eigenvalue weighted by Gasteiger charge is -2.39. The molecule has 3 aliphatic rings. The van der Waals surface area contributed by atoms with Crippen molar-refractivity contribution in [1.29, 1.82) is 0 Å². The number of fused-ring (bicyclic) bond motifs is 5. The van der Waals surface area contributed by atoms with Crippen LogP contribution in [0.15, 0.2) is 59.7 Å². The van der Waals surface area contributed by atoms with E-state index in [0.29, 0.717) is 0 Å². The molecular formula is C33H36N2O3. The summed E-state index contributed by atoms with van der Waals surface area (Å²) in [6.07, 6.45) is 3.71. The van der Waals surface area contributed by atoms with E-state index in [2.05, 4.69) is 93.4 Å². The van der Waals surface area contributed by atoms with Crippen LogP contribution in [0.1, 0.15) is 67.3 Å². The zero-order valence-corrected chi connectivity index (χ0v) is 23.0. The Morgan fingerprint density at radius 3 is 2.34 bits per heavy atom. The summed E-state index contributed by atoms with van der Waals surface area (Å²) in [5.74, 6) is 1.34. The van der Waals surface area contributed by atoms with Crippen LogP contribution in [0, 0.1) is 20.8 Å². The largest absolute Gasteiger partial charge is 0.456 e. The SMILES string of the molecule is CCN(CC)c1ccc2c(c1)Oc1cc(C)c(Nc3ccc(C)cc3C)cc1C21OC(=O)C2=C1CCCC2. The van der Waals surface area contributed by atoms with E-state index in [4.69, 9.17) is 9.47 Å². The number of nitrogens with one attached hydrogen (secondary N) is 1. The molecule has 0 saturated carbocycles. The number of nitrogens with zero attached hydrogens (tertiary/aromatic N) is 1. The summed E-state index contributed by atoms with van der Waals surface area (Å²) in [5, 5.41) is 3.65. The van der Waals surface area contributed by atoms with Crippen molar-refractivity contribution in [3.05, 3.63) is 87.5 Å². The van der Waals surface area contributed by atoms with Gasteiger partial charge in [-0.15, -0.1) is 0 Å². The zero-order valence-electron chi connectivity index (χ0n) is 23.0. The fourth-order valence-electron chi connectivity index (χ4n) is 6.43. The van der Waals surface area contributed by atoms with Crippen LogP contribution in [-0.4, -0.2) is 19.1 Å². The highest BCUT2D eigenvalue weighted by atomic mass is 16.6. The van der Waals surface area contributed by atoms with Crippen molar-refractivity contribution in [2.45, 2.75) is 65.9 Å². The standard InChI is InChI=1S/C33H36N2O3/c1-6-35(7-2)23-13-14-26-31(18-23)37-30-17-22(5)29(34-28-15-12-20(3)16-21(28)4)19-27(30)33(26)25-11-9-8-10-24(25)32(36)38-33/h12-19,34H,6-11H2,1-5H3. The molecule has 1 unspecified atom stereocenters. The van der Waals surface area contributed by atoms with Gasteiger partial charge in [0.1, 0.15) is 11.5 Å². The molecule has 1 aliphatic carbocycles.